The second kappa shape index (κ2) is 11.1. The van der Waals surface area contributed by atoms with Crippen LogP contribution in [0.2, 0.25) is 5.02 Å². The Balaban J connectivity index is 1.58. The average molecular weight is 493 g/mol. The normalized spacial score (nSPS) is 17.2. The van der Waals surface area contributed by atoms with Crippen molar-refractivity contribution in [3.8, 4) is 11.3 Å². The number of amides is 1. The molecule has 2 heterocycles. The highest BCUT2D eigenvalue weighted by atomic mass is 35.5. The molecule has 7 nitrogen and oxygen atoms in total. The van der Waals surface area contributed by atoms with Crippen LogP contribution in [0.15, 0.2) is 55.2 Å². The number of hydrogen-bond acceptors (Lipinski definition) is 6. The van der Waals surface area contributed by atoms with Gasteiger partial charge in [-0.25, -0.2) is 9.97 Å². The second-order valence-corrected chi connectivity index (χ2v) is 9.57. The van der Waals surface area contributed by atoms with Gasteiger partial charge in [-0.05, 0) is 43.4 Å². The van der Waals surface area contributed by atoms with Crippen LogP contribution in [0.25, 0.3) is 16.8 Å². The van der Waals surface area contributed by atoms with Gasteiger partial charge in [0.1, 0.15) is 6.33 Å². The van der Waals surface area contributed by atoms with E-state index in [1.54, 1.807) is 24.3 Å². The molecule has 0 spiro atoms. The lowest BCUT2D eigenvalue weighted by Gasteiger charge is -2.35. The van der Waals surface area contributed by atoms with Gasteiger partial charge in [-0.2, -0.15) is 0 Å². The summed E-state index contributed by atoms with van der Waals surface area (Å²) in [6, 6.07) is 5.47. The second-order valence-electron chi connectivity index (χ2n) is 9.16. The number of aromatic nitrogens is 2. The largest absolute Gasteiger partial charge is 0.404 e. The Morgan fingerprint density at radius 2 is 1.94 bits per heavy atom. The summed E-state index contributed by atoms with van der Waals surface area (Å²) in [5.74, 6) is 0.829. The zero-order chi connectivity index (χ0) is 24.9. The first kappa shape index (κ1) is 24.9. The van der Waals surface area contributed by atoms with E-state index in [-0.39, 0.29) is 5.91 Å². The highest BCUT2D eigenvalue weighted by molar-refractivity contribution is 6.34. The molecule has 1 aromatic carbocycles. The van der Waals surface area contributed by atoms with Crippen LogP contribution in [0.1, 0.15) is 41.4 Å². The topological polar surface area (TPSA) is 101 Å². The van der Waals surface area contributed by atoms with E-state index in [1.807, 2.05) is 17.9 Å². The van der Waals surface area contributed by atoms with Crippen molar-refractivity contribution in [2.24, 2.45) is 17.4 Å². The van der Waals surface area contributed by atoms with Gasteiger partial charge in [0.25, 0.3) is 5.91 Å². The lowest BCUT2D eigenvalue weighted by atomic mass is 9.95. The van der Waals surface area contributed by atoms with Crippen LogP contribution in [-0.4, -0.2) is 58.4 Å². The zero-order valence-corrected chi connectivity index (χ0v) is 21.0. The number of carbonyl (C=O) groups excluding carboxylic acids is 1. The number of nitrogens with zero attached hydrogens (tertiary/aromatic N) is 4. The molecule has 4 N–H and O–H groups in total. The molecule has 184 valence electrons. The smallest absolute Gasteiger partial charge is 0.255 e. The van der Waals surface area contributed by atoms with E-state index < -0.39 is 0 Å². The summed E-state index contributed by atoms with van der Waals surface area (Å²) in [6.45, 7) is 10.2. The Labute approximate surface area is 212 Å². The van der Waals surface area contributed by atoms with E-state index in [0.717, 1.165) is 61.0 Å². The molecule has 1 saturated heterocycles. The van der Waals surface area contributed by atoms with E-state index in [2.05, 4.69) is 21.4 Å². The zero-order valence-electron chi connectivity index (χ0n) is 20.2. The Kier molecular flexibility index (Phi) is 7.88. The monoisotopic (exact) mass is 492 g/mol. The van der Waals surface area contributed by atoms with Gasteiger partial charge >= 0.3 is 0 Å². The first-order valence-electron chi connectivity index (χ1n) is 12.1. The maximum Gasteiger partial charge on any atom is 0.255 e. The van der Waals surface area contributed by atoms with Crippen LogP contribution < -0.4 is 11.5 Å². The average Bonchev–Trinajstić information content (AvgIpc) is 3.68. The van der Waals surface area contributed by atoms with Crippen LogP contribution in [0.4, 0.5) is 0 Å². The molecule has 0 radical (unpaired) electrons. The Morgan fingerprint density at radius 3 is 2.54 bits per heavy atom. The maximum atomic E-state index is 13.2. The molecule has 2 aliphatic rings. The summed E-state index contributed by atoms with van der Waals surface area (Å²) in [5.41, 5.74) is 16.4. The van der Waals surface area contributed by atoms with E-state index >= 15 is 0 Å². The SMILES string of the molecule is C=C(N)/C=C\C(=C/N)c1c(CC)ncnc1-c1ccc(C(=O)N2CCN(CC3CC3)CC2)c(Cl)c1. The van der Waals surface area contributed by atoms with Gasteiger partial charge in [0.15, 0.2) is 0 Å². The van der Waals surface area contributed by atoms with Crippen molar-refractivity contribution in [3.63, 3.8) is 0 Å². The maximum absolute atomic E-state index is 13.2. The lowest BCUT2D eigenvalue weighted by molar-refractivity contribution is 0.0632. The van der Waals surface area contributed by atoms with E-state index in [4.69, 9.17) is 23.1 Å². The highest BCUT2D eigenvalue weighted by Crippen LogP contribution is 2.33. The van der Waals surface area contributed by atoms with Crippen molar-refractivity contribution in [3.05, 3.63) is 77.0 Å². The molecule has 4 rings (SSSR count). The number of benzene rings is 1. The molecule has 35 heavy (non-hydrogen) atoms. The number of rotatable bonds is 8. The van der Waals surface area contributed by atoms with Gasteiger partial charge in [0.05, 0.1) is 22.0 Å². The minimum atomic E-state index is -0.0308. The van der Waals surface area contributed by atoms with Gasteiger partial charge < -0.3 is 16.4 Å². The summed E-state index contributed by atoms with van der Waals surface area (Å²) < 4.78 is 0. The first-order chi connectivity index (χ1) is 16.9. The van der Waals surface area contributed by atoms with Crippen LogP contribution in [0, 0.1) is 5.92 Å². The van der Waals surface area contributed by atoms with Crippen molar-refractivity contribution in [2.75, 3.05) is 32.7 Å². The van der Waals surface area contributed by atoms with E-state index in [1.165, 1.54) is 25.4 Å². The Morgan fingerprint density at radius 1 is 1.20 bits per heavy atom. The summed E-state index contributed by atoms with van der Waals surface area (Å²) in [7, 11) is 0. The fourth-order valence-corrected chi connectivity index (χ4v) is 4.70. The minimum absolute atomic E-state index is 0.0308. The number of halogens is 1. The summed E-state index contributed by atoms with van der Waals surface area (Å²) >= 11 is 6.66. The molecular weight excluding hydrogens is 460 g/mol. The number of nitrogens with two attached hydrogens (primary N) is 2. The predicted molar refractivity (Wildman–Crippen MR) is 142 cm³/mol. The molecule has 1 aromatic heterocycles. The van der Waals surface area contributed by atoms with Gasteiger partial charge in [-0.3, -0.25) is 9.69 Å². The lowest BCUT2D eigenvalue weighted by Crippen LogP contribution is -2.49. The van der Waals surface area contributed by atoms with Crippen molar-refractivity contribution < 1.29 is 4.79 Å². The number of piperazine rings is 1. The van der Waals surface area contributed by atoms with Gasteiger partial charge in [-0.1, -0.05) is 37.2 Å². The summed E-state index contributed by atoms with van der Waals surface area (Å²) in [4.78, 5) is 26.6. The molecule has 2 fully saturated rings. The third-order valence-electron chi connectivity index (χ3n) is 6.55. The summed E-state index contributed by atoms with van der Waals surface area (Å²) in [6.07, 6.45) is 9.90. The third kappa shape index (κ3) is 5.92. The molecule has 8 heteroatoms. The molecular formula is C27H33ClN6O. The van der Waals surface area contributed by atoms with Crippen LogP contribution in [-0.2, 0) is 6.42 Å². The van der Waals surface area contributed by atoms with Gasteiger partial charge in [0.2, 0.25) is 0 Å². The standard InChI is InChI=1S/C27H33ClN6O/c1-3-24-25(21(15-29)7-4-18(2)30)26(32-17-31-24)20-8-9-22(23(28)14-20)27(35)34-12-10-33(11-13-34)16-19-5-6-19/h4,7-9,14-15,17,19H,2-3,5-6,10-13,16,29-30H2,1H3/b7-4-,21-15+. The van der Waals surface area contributed by atoms with Crippen molar-refractivity contribution in [2.45, 2.75) is 26.2 Å². The fraction of sp³-hybridized carbons (Fsp3) is 0.370. The minimum Gasteiger partial charge on any atom is -0.404 e. The van der Waals surface area contributed by atoms with E-state index in [0.29, 0.717) is 28.4 Å². The molecule has 1 saturated carbocycles. The highest BCUT2D eigenvalue weighted by Gasteiger charge is 2.28. The molecule has 2 aromatic rings. The van der Waals surface area contributed by atoms with Crippen molar-refractivity contribution in [1.82, 2.24) is 19.8 Å². The Bertz CT molecular complexity index is 1160. The van der Waals surface area contributed by atoms with E-state index in [9.17, 15) is 4.79 Å². The van der Waals surface area contributed by atoms with Crippen molar-refractivity contribution in [1.29, 1.82) is 0 Å². The molecule has 0 bridgehead atoms. The predicted octanol–water partition coefficient (Wildman–Crippen LogP) is 3.86. The number of aryl methyl sites for hydroxylation is 1. The van der Waals surface area contributed by atoms with Crippen LogP contribution in [0.5, 0.6) is 0 Å². The molecule has 1 aliphatic carbocycles. The molecule has 0 unspecified atom stereocenters. The quantitative estimate of drug-likeness (QED) is 0.542. The summed E-state index contributed by atoms with van der Waals surface area (Å²) in [5, 5.41) is 0.402. The number of allylic oxidation sites excluding steroid dienone is 3. The molecule has 0 atom stereocenters. The number of hydrogen-bond donors (Lipinski definition) is 2. The Hall–Kier alpha value is -3.16. The van der Waals surface area contributed by atoms with Gasteiger partial charge in [-0.15, -0.1) is 0 Å². The fourth-order valence-electron chi connectivity index (χ4n) is 4.44. The molecule has 1 amide bonds. The molecule has 1 aliphatic heterocycles. The third-order valence-corrected chi connectivity index (χ3v) is 6.86. The van der Waals surface area contributed by atoms with Crippen LogP contribution >= 0.6 is 11.6 Å². The van der Waals surface area contributed by atoms with Crippen LogP contribution in [0.3, 0.4) is 0 Å². The van der Waals surface area contributed by atoms with Gasteiger partial charge in [0, 0.05) is 61.3 Å². The first-order valence-corrected chi connectivity index (χ1v) is 12.5. The van der Waals surface area contributed by atoms with Crippen molar-refractivity contribution >= 4 is 23.1 Å². The number of carbonyl (C=O) groups is 1.